The summed E-state index contributed by atoms with van der Waals surface area (Å²) < 4.78 is 0. The minimum Gasteiger partial charge on any atom is -0.256 e. The van der Waals surface area contributed by atoms with Gasteiger partial charge in [-0.2, -0.15) is 0 Å². The van der Waals surface area contributed by atoms with E-state index in [1.54, 1.807) is 0 Å². The maximum Gasteiger partial charge on any atom is 0.0714 e. The molecule has 8 aromatic rings. The topological polar surface area (TPSA) is 25.8 Å². The van der Waals surface area contributed by atoms with Crippen LogP contribution in [-0.4, -0.2) is 9.97 Å². The van der Waals surface area contributed by atoms with Gasteiger partial charge in [0, 0.05) is 28.9 Å². The Morgan fingerprint density at radius 2 is 1.14 bits per heavy atom. The highest BCUT2D eigenvalue weighted by Crippen LogP contribution is 2.45. The Labute approximate surface area is 245 Å². The second-order valence-corrected chi connectivity index (χ2v) is 12.3. The highest BCUT2D eigenvalue weighted by Gasteiger charge is 2.20. The summed E-state index contributed by atoms with van der Waals surface area (Å²) in [6.45, 7) is 6.86. The van der Waals surface area contributed by atoms with Crippen LogP contribution < -0.4 is 0 Å². The number of fused-ring (bicyclic) bond motifs is 1. The van der Waals surface area contributed by atoms with Gasteiger partial charge in [-0.15, -0.1) is 0 Å². The number of rotatable bonds is 3. The zero-order valence-electron chi connectivity index (χ0n) is 24.0. The highest BCUT2D eigenvalue weighted by atomic mass is 14.7. The predicted octanol–water partition coefficient (Wildman–Crippen LogP) is 10.8. The Bertz CT molecular complexity index is 2240. The van der Waals surface area contributed by atoms with E-state index in [2.05, 4.69) is 129 Å². The first-order valence-corrected chi connectivity index (χ1v) is 14.6. The van der Waals surface area contributed by atoms with Gasteiger partial charge >= 0.3 is 0 Å². The molecule has 0 spiro atoms. The van der Waals surface area contributed by atoms with Crippen molar-refractivity contribution >= 4 is 43.1 Å². The molecule has 42 heavy (non-hydrogen) atoms. The fourth-order valence-electron chi connectivity index (χ4n) is 6.38. The zero-order chi connectivity index (χ0) is 28.4. The number of benzene rings is 6. The van der Waals surface area contributed by atoms with Crippen LogP contribution in [0.3, 0.4) is 0 Å². The lowest BCUT2D eigenvalue weighted by Crippen LogP contribution is -2.10. The quantitative estimate of drug-likeness (QED) is 0.209. The molecule has 8 rings (SSSR count). The monoisotopic (exact) mass is 538 g/mol. The van der Waals surface area contributed by atoms with Gasteiger partial charge in [0.2, 0.25) is 0 Å². The molecule has 0 unspecified atom stereocenters. The summed E-state index contributed by atoms with van der Waals surface area (Å²) in [6, 6.07) is 41.9. The molecule has 0 aliphatic rings. The van der Waals surface area contributed by atoms with Gasteiger partial charge in [0.05, 0.1) is 11.4 Å². The molecule has 2 heteroatoms. The molecular formula is C40H30N2. The Morgan fingerprint density at radius 3 is 1.83 bits per heavy atom. The molecule has 6 aromatic carbocycles. The summed E-state index contributed by atoms with van der Waals surface area (Å²) in [6.07, 6.45) is 3.84. The normalized spacial score (nSPS) is 12.2. The molecule has 0 fully saturated rings. The van der Waals surface area contributed by atoms with Crippen LogP contribution in [0.5, 0.6) is 0 Å². The van der Waals surface area contributed by atoms with Crippen LogP contribution in [-0.2, 0) is 5.41 Å². The van der Waals surface area contributed by atoms with Gasteiger partial charge < -0.3 is 0 Å². The van der Waals surface area contributed by atoms with Crippen molar-refractivity contribution in [3.05, 3.63) is 133 Å². The van der Waals surface area contributed by atoms with Crippen molar-refractivity contribution in [2.75, 3.05) is 0 Å². The summed E-state index contributed by atoms with van der Waals surface area (Å²) in [7, 11) is 0. The molecule has 0 aliphatic heterocycles. The van der Waals surface area contributed by atoms with Gasteiger partial charge in [0.25, 0.3) is 0 Å². The Kier molecular flexibility index (Phi) is 5.42. The summed E-state index contributed by atoms with van der Waals surface area (Å²) in [5, 5.41) is 10.1. The lowest BCUT2D eigenvalue weighted by atomic mass is 9.82. The molecule has 2 aromatic heterocycles. The van der Waals surface area contributed by atoms with Crippen LogP contribution in [0, 0.1) is 0 Å². The number of nitrogens with zero attached hydrogens (tertiary/aromatic N) is 2. The average Bonchev–Trinajstić information content (AvgIpc) is 3.03. The van der Waals surface area contributed by atoms with E-state index in [9.17, 15) is 0 Å². The van der Waals surface area contributed by atoms with Crippen LogP contribution in [0.2, 0.25) is 0 Å². The Balaban J connectivity index is 1.43. The molecule has 0 atom stereocenters. The van der Waals surface area contributed by atoms with E-state index >= 15 is 0 Å². The summed E-state index contributed by atoms with van der Waals surface area (Å²) in [4.78, 5) is 9.54. The molecular weight excluding hydrogens is 508 g/mol. The average molecular weight is 539 g/mol. The van der Waals surface area contributed by atoms with Gasteiger partial charge in [-0.3, -0.25) is 9.97 Å². The first kappa shape index (κ1) is 24.7. The van der Waals surface area contributed by atoms with E-state index in [0.29, 0.717) is 0 Å². The molecule has 0 amide bonds. The SMILES string of the molecule is CC(C)(C)c1cc2ccc3c(-c4ccc(-c5ccccn5)cc4)cc(-c4cc5ccccc5cn4)c4ccc(c1)c2c34. The lowest BCUT2D eigenvalue weighted by molar-refractivity contribution is 0.591. The van der Waals surface area contributed by atoms with Crippen molar-refractivity contribution in [1.29, 1.82) is 0 Å². The smallest absolute Gasteiger partial charge is 0.0714 e. The molecule has 2 nitrogen and oxygen atoms in total. The molecule has 0 bridgehead atoms. The highest BCUT2D eigenvalue weighted by molar-refractivity contribution is 6.28. The van der Waals surface area contributed by atoms with Gasteiger partial charge in [0.1, 0.15) is 0 Å². The Morgan fingerprint density at radius 1 is 0.476 bits per heavy atom. The first-order valence-electron chi connectivity index (χ1n) is 14.6. The third kappa shape index (κ3) is 3.94. The largest absolute Gasteiger partial charge is 0.256 e. The maximum atomic E-state index is 4.99. The lowest BCUT2D eigenvalue weighted by Gasteiger charge is -2.22. The summed E-state index contributed by atoms with van der Waals surface area (Å²) in [5.74, 6) is 0. The molecule has 0 saturated carbocycles. The second-order valence-electron chi connectivity index (χ2n) is 12.3. The maximum absolute atomic E-state index is 4.99. The fourth-order valence-corrected chi connectivity index (χ4v) is 6.38. The summed E-state index contributed by atoms with van der Waals surface area (Å²) in [5.41, 5.74) is 8.08. The zero-order valence-corrected chi connectivity index (χ0v) is 24.0. The number of hydrogen-bond acceptors (Lipinski definition) is 2. The van der Waals surface area contributed by atoms with Crippen LogP contribution in [0.1, 0.15) is 26.3 Å². The molecule has 200 valence electrons. The first-order chi connectivity index (χ1) is 20.4. The van der Waals surface area contributed by atoms with E-state index < -0.39 is 0 Å². The molecule has 0 saturated heterocycles. The van der Waals surface area contributed by atoms with Crippen molar-refractivity contribution < 1.29 is 0 Å². The van der Waals surface area contributed by atoms with E-state index in [1.165, 1.54) is 54.4 Å². The van der Waals surface area contributed by atoms with Crippen molar-refractivity contribution in [2.24, 2.45) is 0 Å². The van der Waals surface area contributed by atoms with Gasteiger partial charge in [-0.1, -0.05) is 112 Å². The van der Waals surface area contributed by atoms with E-state index in [0.717, 1.165) is 27.9 Å². The second kappa shape index (κ2) is 9.22. The van der Waals surface area contributed by atoms with Crippen LogP contribution in [0.4, 0.5) is 0 Å². The van der Waals surface area contributed by atoms with Crippen molar-refractivity contribution in [3.8, 4) is 33.6 Å². The van der Waals surface area contributed by atoms with E-state index in [1.807, 2.05) is 24.5 Å². The standard InChI is InChI=1S/C40H30N2/c1-40(2,3)31-20-28-15-17-32-34(25-11-13-26(14-12-25)36-10-6-7-19-41-36)23-35(33-18-16-29(21-31)38(28)39(32)33)37-22-27-8-4-5-9-30(27)24-42-37/h4-24H,1-3H3. The summed E-state index contributed by atoms with van der Waals surface area (Å²) >= 11 is 0. The van der Waals surface area contributed by atoms with E-state index in [-0.39, 0.29) is 5.41 Å². The van der Waals surface area contributed by atoms with Gasteiger partial charge in [0.15, 0.2) is 0 Å². The van der Waals surface area contributed by atoms with Crippen molar-refractivity contribution in [1.82, 2.24) is 9.97 Å². The van der Waals surface area contributed by atoms with Gasteiger partial charge in [-0.25, -0.2) is 0 Å². The predicted molar refractivity (Wildman–Crippen MR) is 178 cm³/mol. The minimum absolute atomic E-state index is 0.0745. The van der Waals surface area contributed by atoms with E-state index in [4.69, 9.17) is 4.98 Å². The fraction of sp³-hybridized carbons (Fsp3) is 0.100. The third-order valence-electron chi connectivity index (χ3n) is 8.65. The van der Waals surface area contributed by atoms with Crippen LogP contribution in [0.25, 0.3) is 76.7 Å². The number of pyridine rings is 2. The Hall–Kier alpha value is -5.08. The van der Waals surface area contributed by atoms with Crippen molar-refractivity contribution in [2.45, 2.75) is 26.2 Å². The van der Waals surface area contributed by atoms with Crippen LogP contribution in [0.15, 0.2) is 128 Å². The minimum atomic E-state index is 0.0745. The molecule has 0 aliphatic carbocycles. The van der Waals surface area contributed by atoms with Crippen LogP contribution >= 0.6 is 0 Å². The van der Waals surface area contributed by atoms with Crippen molar-refractivity contribution in [3.63, 3.8) is 0 Å². The molecule has 2 heterocycles. The molecule has 0 N–H and O–H groups in total. The van der Waals surface area contributed by atoms with Gasteiger partial charge in [-0.05, 0) is 84.1 Å². The third-order valence-corrected chi connectivity index (χ3v) is 8.65. The molecule has 0 radical (unpaired) electrons. The number of hydrogen-bond donors (Lipinski definition) is 0. The number of aromatic nitrogens is 2.